The smallest absolute Gasteiger partial charge is 0.237 e. The van der Waals surface area contributed by atoms with E-state index in [4.69, 9.17) is 0 Å². The summed E-state index contributed by atoms with van der Waals surface area (Å²) in [5.41, 5.74) is 0. The minimum atomic E-state index is -0.284. The summed E-state index contributed by atoms with van der Waals surface area (Å²) in [6.07, 6.45) is -0.0739. The molecule has 0 bridgehead atoms. The Morgan fingerprint density at radius 3 is 2.70 bits per heavy atom. The summed E-state index contributed by atoms with van der Waals surface area (Å²) in [5.74, 6) is -0.150. The first-order valence-electron chi connectivity index (χ1n) is 2.86. The number of rotatable bonds is 0. The summed E-state index contributed by atoms with van der Waals surface area (Å²) in [6.45, 7) is 3.47. The van der Waals surface area contributed by atoms with Gasteiger partial charge in [0.25, 0.3) is 0 Å². The molecule has 1 heterocycles. The molecule has 1 N–H and O–H groups in total. The van der Waals surface area contributed by atoms with Crippen molar-refractivity contribution in [2.45, 2.75) is 6.42 Å². The number of nitrogens with zero attached hydrogens (tertiary/aromatic N) is 1. The highest BCUT2D eigenvalue weighted by Crippen LogP contribution is 2.04. The molecule has 0 saturated carbocycles. The van der Waals surface area contributed by atoms with E-state index in [1.54, 1.807) is 7.05 Å². The summed E-state index contributed by atoms with van der Waals surface area (Å²) in [4.78, 5) is 22.8. The molecule has 1 aliphatic heterocycles. The molecule has 0 aliphatic carbocycles. The molecule has 0 spiro atoms. The van der Waals surface area contributed by atoms with Crippen molar-refractivity contribution >= 4 is 11.8 Å². The van der Waals surface area contributed by atoms with Gasteiger partial charge in [-0.05, 0) is 0 Å². The highest BCUT2D eigenvalue weighted by molar-refractivity contribution is 6.00. The molecule has 4 nitrogen and oxygen atoms in total. The van der Waals surface area contributed by atoms with Gasteiger partial charge in [0, 0.05) is 7.05 Å². The molecule has 0 atom stereocenters. The lowest BCUT2D eigenvalue weighted by Gasteiger charge is -2.24. The third-order valence-electron chi connectivity index (χ3n) is 1.37. The quantitative estimate of drug-likeness (QED) is 0.458. The molecule has 54 valence electrons. The van der Waals surface area contributed by atoms with Crippen molar-refractivity contribution in [1.82, 2.24) is 10.2 Å². The highest BCUT2D eigenvalue weighted by Gasteiger charge is 2.22. The van der Waals surface area contributed by atoms with Crippen LogP contribution < -0.4 is 5.32 Å². The average molecular weight is 140 g/mol. The van der Waals surface area contributed by atoms with Crippen LogP contribution in [0.2, 0.25) is 0 Å². The van der Waals surface area contributed by atoms with Crippen molar-refractivity contribution in [3.05, 3.63) is 12.4 Å². The molecule has 2 amide bonds. The number of hydrogen-bond donors (Lipinski definition) is 1. The molecule has 0 aromatic rings. The fourth-order valence-electron chi connectivity index (χ4n) is 0.695. The van der Waals surface area contributed by atoms with Crippen LogP contribution >= 0.6 is 0 Å². The van der Waals surface area contributed by atoms with Crippen molar-refractivity contribution in [1.29, 1.82) is 0 Å². The Labute approximate surface area is 58.5 Å². The van der Waals surface area contributed by atoms with Gasteiger partial charge in [0.05, 0.1) is 0 Å². The van der Waals surface area contributed by atoms with Gasteiger partial charge in [0.2, 0.25) is 11.8 Å². The van der Waals surface area contributed by atoms with Gasteiger partial charge in [-0.1, -0.05) is 6.58 Å². The molecule has 1 saturated heterocycles. The maximum atomic E-state index is 10.8. The molecule has 1 fully saturated rings. The van der Waals surface area contributed by atoms with E-state index >= 15 is 0 Å². The van der Waals surface area contributed by atoms with Gasteiger partial charge in [0.15, 0.2) is 0 Å². The van der Waals surface area contributed by atoms with Crippen LogP contribution in [0.15, 0.2) is 12.4 Å². The van der Waals surface area contributed by atoms with E-state index in [2.05, 4.69) is 11.9 Å². The summed E-state index contributed by atoms with van der Waals surface area (Å²) < 4.78 is 0. The molecule has 0 aromatic carbocycles. The summed E-state index contributed by atoms with van der Waals surface area (Å²) in [7, 11) is 1.57. The second-order valence-corrected chi connectivity index (χ2v) is 2.12. The van der Waals surface area contributed by atoms with E-state index in [1.807, 2.05) is 0 Å². The van der Waals surface area contributed by atoms with Crippen molar-refractivity contribution in [3.63, 3.8) is 0 Å². The molecule has 0 unspecified atom stereocenters. The monoisotopic (exact) mass is 140 g/mol. The molecule has 0 aromatic heterocycles. The number of nitrogens with one attached hydrogen (secondary N) is 1. The van der Waals surface area contributed by atoms with Gasteiger partial charge in [0.1, 0.15) is 12.2 Å². The lowest BCUT2D eigenvalue weighted by molar-refractivity contribution is -0.137. The first kappa shape index (κ1) is 6.80. The van der Waals surface area contributed by atoms with Crippen LogP contribution in [-0.2, 0) is 9.59 Å². The molecule has 4 heteroatoms. The van der Waals surface area contributed by atoms with Crippen LogP contribution in [0, 0.1) is 0 Å². The largest absolute Gasteiger partial charge is 0.312 e. The predicted molar refractivity (Wildman–Crippen MR) is 34.7 cm³/mol. The van der Waals surface area contributed by atoms with Gasteiger partial charge < -0.3 is 10.2 Å². The maximum absolute atomic E-state index is 10.8. The van der Waals surface area contributed by atoms with Gasteiger partial charge in [-0.2, -0.15) is 0 Å². The van der Waals surface area contributed by atoms with E-state index in [0.717, 1.165) is 0 Å². The first-order valence-corrected chi connectivity index (χ1v) is 2.86. The van der Waals surface area contributed by atoms with Crippen molar-refractivity contribution in [3.8, 4) is 0 Å². The second-order valence-electron chi connectivity index (χ2n) is 2.12. The van der Waals surface area contributed by atoms with Crippen LogP contribution in [0.25, 0.3) is 0 Å². The Balaban J connectivity index is 2.76. The molecule has 10 heavy (non-hydrogen) atoms. The van der Waals surface area contributed by atoms with E-state index in [1.165, 1.54) is 4.90 Å². The summed E-state index contributed by atoms with van der Waals surface area (Å²) >= 11 is 0. The number of carbonyl (C=O) groups is 2. The lowest BCUT2D eigenvalue weighted by Crippen LogP contribution is -2.43. The Hall–Kier alpha value is -1.32. The second kappa shape index (κ2) is 2.13. The highest BCUT2D eigenvalue weighted by atomic mass is 16.2. The summed E-state index contributed by atoms with van der Waals surface area (Å²) in [6, 6.07) is 0. The van der Waals surface area contributed by atoms with Gasteiger partial charge in [-0.3, -0.25) is 9.59 Å². The van der Waals surface area contributed by atoms with Crippen molar-refractivity contribution in [2.75, 3.05) is 7.05 Å². The predicted octanol–water partition coefficient (Wildman–Crippen LogP) is -0.564. The van der Waals surface area contributed by atoms with Crippen LogP contribution in [0.5, 0.6) is 0 Å². The zero-order valence-corrected chi connectivity index (χ0v) is 5.68. The number of carbonyl (C=O) groups excluding carboxylic acids is 2. The maximum Gasteiger partial charge on any atom is 0.237 e. The Morgan fingerprint density at radius 2 is 2.20 bits per heavy atom. The molecule has 1 aliphatic rings. The zero-order chi connectivity index (χ0) is 7.72. The SMILES string of the molecule is C=C1NC(=O)CC(=O)N1C. The molecular weight excluding hydrogens is 132 g/mol. The van der Waals surface area contributed by atoms with Crippen LogP contribution in [0.1, 0.15) is 6.42 Å². The first-order chi connectivity index (χ1) is 4.61. The fourth-order valence-corrected chi connectivity index (χ4v) is 0.695. The van der Waals surface area contributed by atoms with E-state index in [0.29, 0.717) is 5.82 Å². The van der Waals surface area contributed by atoms with Gasteiger partial charge in [-0.15, -0.1) is 0 Å². The van der Waals surface area contributed by atoms with Gasteiger partial charge in [-0.25, -0.2) is 0 Å². The standard InChI is InChI=1S/C6H8N2O2/c1-4-7-5(9)3-6(10)8(4)2/h1,3H2,2H3,(H,7,9). The van der Waals surface area contributed by atoms with Gasteiger partial charge >= 0.3 is 0 Å². The number of hydrogen-bond acceptors (Lipinski definition) is 2. The van der Waals surface area contributed by atoms with Crippen molar-refractivity contribution < 1.29 is 9.59 Å². The van der Waals surface area contributed by atoms with Crippen LogP contribution in [0.3, 0.4) is 0 Å². The fraction of sp³-hybridized carbons (Fsp3) is 0.333. The van der Waals surface area contributed by atoms with E-state index in [-0.39, 0.29) is 18.2 Å². The topological polar surface area (TPSA) is 49.4 Å². The minimum Gasteiger partial charge on any atom is -0.312 e. The Morgan fingerprint density at radius 1 is 1.60 bits per heavy atom. The Bertz CT molecular complexity index is 190. The van der Waals surface area contributed by atoms with Crippen LogP contribution in [-0.4, -0.2) is 23.8 Å². The zero-order valence-electron chi connectivity index (χ0n) is 5.68. The molecule has 1 rings (SSSR count). The average Bonchev–Trinajstić information content (AvgIpc) is 1.82. The minimum absolute atomic E-state index is 0.0739. The van der Waals surface area contributed by atoms with E-state index in [9.17, 15) is 9.59 Å². The Kier molecular flexibility index (Phi) is 1.45. The van der Waals surface area contributed by atoms with E-state index < -0.39 is 0 Å². The lowest BCUT2D eigenvalue weighted by atomic mass is 10.3. The van der Waals surface area contributed by atoms with Crippen molar-refractivity contribution in [2.24, 2.45) is 0 Å². The molecule has 0 radical (unpaired) electrons. The molecular formula is C6H8N2O2. The third-order valence-corrected chi connectivity index (χ3v) is 1.37. The normalized spacial score (nSPS) is 19.3. The van der Waals surface area contributed by atoms with Crippen LogP contribution in [0.4, 0.5) is 0 Å². The number of amides is 2. The third kappa shape index (κ3) is 1.00. The summed E-state index contributed by atoms with van der Waals surface area (Å²) in [5, 5.41) is 2.43.